The summed E-state index contributed by atoms with van der Waals surface area (Å²) in [5, 5.41) is -0.831. The van der Waals surface area contributed by atoms with Crippen LogP contribution in [0.1, 0.15) is 19.4 Å². The van der Waals surface area contributed by atoms with Crippen LogP contribution in [0.3, 0.4) is 0 Å². The van der Waals surface area contributed by atoms with E-state index in [4.69, 9.17) is 5.73 Å². The summed E-state index contributed by atoms with van der Waals surface area (Å²) < 4.78 is 91.9. The van der Waals surface area contributed by atoms with Gasteiger partial charge in [0.05, 0.1) is 32.4 Å². The molecule has 0 atom stereocenters. The predicted molar refractivity (Wildman–Crippen MR) is 106 cm³/mol. The van der Waals surface area contributed by atoms with E-state index in [0.29, 0.717) is 6.07 Å². The van der Waals surface area contributed by atoms with Gasteiger partial charge < -0.3 is 5.73 Å². The Morgan fingerprint density at radius 2 is 1.73 bits per heavy atom. The number of benzene rings is 2. The Morgan fingerprint density at radius 3 is 2.33 bits per heavy atom. The van der Waals surface area contributed by atoms with Crippen molar-refractivity contribution in [3.8, 4) is 0 Å². The molecule has 0 aliphatic heterocycles. The Balaban J connectivity index is 2.07. The zero-order chi connectivity index (χ0) is 22.5. The lowest BCUT2D eigenvalue weighted by Crippen LogP contribution is -2.23. The maximum Gasteiger partial charge on any atom is 0.416 e. The van der Waals surface area contributed by atoms with Crippen LogP contribution in [0.15, 0.2) is 47.4 Å². The maximum atomic E-state index is 12.9. The smallest absolute Gasteiger partial charge is 0.368 e. The number of nitrogens with two attached hydrogens (primary N) is 1. The van der Waals surface area contributed by atoms with E-state index in [9.17, 15) is 30.0 Å². The van der Waals surface area contributed by atoms with Crippen molar-refractivity contribution in [2.45, 2.75) is 30.2 Å². The van der Waals surface area contributed by atoms with Crippen LogP contribution < -0.4 is 10.5 Å². The number of sulfonamides is 1. The van der Waals surface area contributed by atoms with Crippen molar-refractivity contribution < 1.29 is 30.0 Å². The van der Waals surface area contributed by atoms with Gasteiger partial charge >= 0.3 is 6.18 Å². The number of anilines is 2. The highest BCUT2D eigenvalue weighted by Crippen LogP contribution is 2.31. The van der Waals surface area contributed by atoms with Crippen molar-refractivity contribution in [2.24, 2.45) is 0 Å². The summed E-state index contributed by atoms with van der Waals surface area (Å²) in [6.07, 6.45) is -4.71. The normalized spacial score (nSPS) is 13.1. The van der Waals surface area contributed by atoms with Crippen LogP contribution in [-0.4, -0.2) is 31.0 Å². The molecule has 3 rings (SSSR count). The molecular formula is C17H17F3N4O4S2. The van der Waals surface area contributed by atoms with Crippen molar-refractivity contribution in [1.29, 1.82) is 0 Å². The molecule has 1 heterocycles. The van der Waals surface area contributed by atoms with Gasteiger partial charge in [0, 0.05) is 0 Å². The molecule has 13 heteroatoms. The average molecular weight is 462 g/mol. The van der Waals surface area contributed by atoms with Crippen molar-refractivity contribution in [3.05, 3.63) is 48.0 Å². The standard InChI is InChI=1S/C17H17F3N4O4S2/c1-10(2)30(27,28)24-15-9-12(6-7-14(15)22-16(24)21)23-29(25,26)13-5-3-4-11(8-13)17(18,19)20/h3-10,23H,1-2H3,(H2,21,22). The minimum atomic E-state index is -4.71. The van der Waals surface area contributed by atoms with Crippen molar-refractivity contribution >= 4 is 42.7 Å². The summed E-state index contributed by atoms with van der Waals surface area (Å²) in [5.74, 6) is -0.295. The molecular weight excluding hydrogens is 445 g/mol. The third-order valence-electron chi connectivity index (χ3n) is 4.21. The Morgan fingerprint density at radius 1 is 1.07 bits per heavy atom. The topological polar surface area (TPSA) is 124 Å². The molecule has 0 radical (unpaired) electrons. The quantitative estimate of drug-likeness (QED) is 0.601. The fourth-order valence-electron chi connectivity index (χ4n) is 2.67. The average Bonchev–Trinajstić information content (AvgIpc) is 2.96. The van der Waals surface area contributed by atoms with Crippen LogP contribution in [0.4, 0.5) is 24.8 Å². The number of hydrogen-bond donors (Lipinski definition) is 2. The number of fused-ring (bicyclic) bond motifs is 1. The van der Waals surface area contributed by atoms with E-state index in [1.165, 1.54) is 32.0 Å². The van der Waals surface area contributed by atoms with Gasteiger partial charge in [0.25, 0.3) is 10.0 Å². The summed E-state index contributed by atoms with van der Waals surface area (Å²) in [4.78, 5) is 3.36. The van der Waals surface area contributed by atoms with E-state index in [1.807, 2.05) is 0 Å². The fourth-order valence-corrected chi connectivity index (χ4v) is 4.91. The minimum absolute atomic E-state index is 0.0328. The van der Waals surface area contributed by atoms with E-state index < -0.39 is 41.9 Å². The highest BCUT2D eigenvalue weighted by molar-refractivity contribution is 7.92. The second kappa shape index (κ2) is 7.16. The summed E-state index contributed by atoms with van der Waals surface area (Å²) in [5.41, 5.74) is 4.79. The van der Waals surface area contributed by atoms with Gasteiger partial charge in [0.1, 0.15) is 0 Å². The van der Waals surface area contributed by atoms with Crippen LogP contribution in [0, 0.1) is 0 Å². The van der Waals surface area contributed by atoms with E-state index in [2.05, 4.69) is 9.71 Å². The molecule has 30 heavy (non-hydrogen) atoms. The van der Waals surface area contributed by atoms with Gasteiger partial charge in [-0.05, 0) is 50.2 Å². The molecule has 0 saturated carbocycles. The molecule has 162 valence electrons. The van der Waals surface area contributed by atoms with Gasteiger partial charge in [-0.3, -0.25) is 4.72 Å². The second-order valence-electron chi connectivity index (χ2n) is 6.66. The molecule has 2 aromatic carbocycles. The molecule has 0 spiro atoms. The predicted octanol–water partition coefficient (Wildman–Crippen LogP) is 3.02. The lowest BCUT2D eigenvalue weighted by Gasteiger charge is -2.13. The monoisotopic (exact) mass is 462 g/mol. The lowest BCUT2D eigenvalue weighted by atomic mass is 10.2. The number of rotatable bonds is 5. The first-order chi connectivity index (χ1) is 13.7. The zero-order valence-electron chi connectivity index (χ0n) is 15.7. The second-order valence-corrected chi connectivity index (χ2v) is 10.7. The van der Waals surface area contributed by atoms with Crippen LogP contribution in [0.5, 0.6) is 0 Å². The molecule has 0 bridgehead atoms. The van der Waals surface area contributed by atoms with E-state index in [-0.39, 0.29) is 22.7 Å². The highest BCUT2D eigenvalue weighted by Gasteiger charge is 2.32. The summed E-state index contributed by atoms with van der Waals surface area (Å²) >= 11 is 0. The van der Waals surface area contributed by atoms with Gasteiger partial charge in [-0.2, -0.15) is 13.2 Å². The van der Waals surface area contributed by atoms with E-state index >= 15 is 0 Å². The third-order valence-corrected chi connectivity index (χ3v) is 7.67. The molecule has 0 amide bonds. The fraction of sp³-hybridized carbons (Fsp3) is 0.235. The number of alkyl halides is 3. The number of halogens is 3. The Hall–Kier alpha value is -2.80. The Bertz CT molecular complexity index is 1330. The van der Waals surface area contributed by atoms with Crippen LogP contribution >= 0.6 is 0 Å². The first kappa shape index (κ1) is 21.9. The number of nitrogens with zero attached hydrogens (tertiary/aromatic N) is 2. The van der Waals surface area contributed by atoms with Crippen molar-refractivity contribution in [2.75, 3.05) is 10.5 Å². The van der Waals surface area contributed by atoms with Gasteiger partial charge in [-0.15, -0.1) is 0 Å². The summed E-state index contributed by atoms with van der Waals surface area (Å²) in [7, 11) is -8.28. The minimum Gasteiger partial charge on any atom is -0.368 e. The molecule has 0 unspecified atom stereocenters. The molecule has 3 aromatic rings. The SMILES string of the molecule is CC(C)S(=O)(=O)n1c(N)nc2ccc(NS(=O)(=O)c3cccc(C(F)(F)F)c3)cc21. The Labute approximate surface area is 170 Å². The zero-order valence-corrected chi connectivity index (χ0v) is 17.3. The molecule has 0 fully saturated rings. The molecule has 0 saturated heterocycles. The number of aromatic nitrogens is 2. The van der Waals surface area contributed by atoms with E-state index in [0.717, 1.165) is 22.2 Å². The molecule has 0 aliphatic rings. The van der Waals surface area contributed by atoms with E-state index in [1.54, 1.807) is 0 Å². The third kappa shape index (κ3) is 3.94. The van der Waals surface area contributed by atoms with Crippen molar-refractivity contribution in [3.63, 3.8) is 0 Å². The summed E-state index contributed by atoms with van der Waals surface area (Å²) in [6, 6.07) is 7.10. The number of hydrogen-bond acceptors (Lipinski definition) is 6. The van der Waals surface area contributed by atoms with Gasteiger partial charge in [-0.25, -0.2) is 25.8 Å². The van der Waals surface area contributed by atoms with Crippen LogP contribution in [-0.2, 0) is 26.2 Å². The van der Waals surface area contributed by atoms with Gasteiger partial charge in [0.2, 0.25) is 16.0 Å². The number of imidazole rings is 1. The van der Waals surface area contributed by atoms with Crippen LogP contribution in [0.25, 0.3) is 11.0 Å². The maximum absolute atomic E-state index is 12.9. The number of nitrogens with one attached hydrogen (secondary N) is 1. The summed E-state index contributed by atoms with van der Waals surface area (Å²) in [6.45, 7) is 2.89. The molecule has 1 aromatic heterocycles. The largest absolute Gasteiger partial charge is 0.416 e. The highest BCUT2D eigenvalue weighted by atomic mass is 32.2. The van der Waals surface area contributed by atoms with Gasteiger partial charge in [-0.1, -0.05) is 6.07 Å². The lowest BCUT2D eigenvalue weighted by molar-refractivity contribution is -0.137. The molecule has 3 N–H and O–H groups in total. The van der Waals surface area contributed by atoms with Gasteiger partial charge in [0.15, 0.2) is 0 Å². The van der Waals surface area contributed by atoms with Crippen molar-refractivity contribution in [1.82, 2.24) is 8.96 Å². The first-order valence-corrected chi connectivity index (χ1v) is 11.4. The molecule has 0 aliphatic carbocycles. The Kier molecular flexibility index (Phi) is 5.23. The van der Waals surface area contributed by atoms with Crippen LogP contribution in [0.2, 0.25) is 0 Å². The molecule has 8 nitrogen and oxygen atoms in total. The first-order valence-electron chi connectivity index (χ1n) is 8.46. The number of nitrogen functional groups attached to an aromatic ring is 1.